The molecular weight excluding hydrogens is 226 g/mol. The van der Waals surface area contributed by atoms with E-state index >= 15 is 0 Å². The van der Waals surface area contributed by atoms with Gasteiger partial charge in [-0.1, -0.05) is 12.1 Å². The molecule has 3 N–H and O–H groups in total. The molecule has 2 aromatic rings. The van der Waals surface area contributed by atoms with Crippen LogP contribution in [-0.4, -0.2) is 20.8 Å². The van der Waals surface area contributed by atoms with Crippen molar-refractivity contribution >= 4 is 11.9 Å². The van der Waals surface area contributed by atoms with Crippen LogP contribution in [0.2, 0.25) is 0 Å². The monoisotopic (exact) mass is 245 g/mol. The van der Waals surface area contributed by atoms with Crippen molar-refractivity contribution in [1.29, 1.82) is 0 Å². The van der Waals surface area contributed by atoms with Gasteiger partial charge in [-0.05, 0) is 44.9 Å². The van der Waals surface area contributed by atoms with Gasteiger partial charge >= 0.3 is 0 Å². The van der Waals surface area contributed by atoms with Crippen molar-refractivity contribution in [3.8, 4) is 5.69 Å². The molecule has 1 heterocycles. The van der Waals surface area contributed by atoms with Crippen LogP contribution in [0.1, 0.15) is 25.0 Å². The van der Waals surface area contributed by atoms with Crippen molar-refractivity contribution < 1.29 is 0 Å². The molecule has 1 aromatic heterocycles. The fourth-order valence-electron chi connectivity index (χ4n) is 1.77. The molecule has 0 bridgehead atoms. The highest BCUT2D eigenvalue weighted by molar-refractivity contribution is 5.48. The normalized spacial score (nSPS) is 10.9. The lowest BCUT2D eigenvalue weighted by atomic mass is 10.1. The average Bonchev–Trinajstić information content (AvgIpc) is 2.62. The number of hydrogen-bond donors (Lipinski definition) is 2. The van der Waals surface area contributed by atoms with Crippen LogP contribution in [0.15, 0.2) is 18.2 Å². The first-order valence-corrected chi connectivity index (χ1v) is 6.04. The second-order valence-electron chi connectivity index (χ2n) is 4.79. The Morgan fingerprint density at radius 3 is 2.67 bits per heavy atom. The van der Waals surface area contributed by atoms with E-state index in [4.69, 9.17) is 5.73 Å². The topological polar surface area (TPSA) is 68.8 Å². The van der Waals surface area contributed by atoms with Crippen LogP contribution in [0.4, 0.5) is 11.9 Å². The minimum absolute atomic E-state index is 0.277. The number of aromatic nitrogens is 3. The smallest absolute Gasteiger partial charge is 0.244 e. The summed E-state index contributed by atoms with van der Waals surface area (Å²) < 4.78 is 1.67. The number of hydrogen-bond acceptors (Lipinski definition) is 4. The molecule has 0 atom stereocenters. The van der Waals surface area contributed by atoms with E-state index in [9.17, 15) is 0 Å². The van der Waals surface area contributed by atoms with Gasteiger partial charge in [-0.2, -0.15) is 9.67 Å². The van der Waals surface area contributed by atoms with Crippen molar-refractivity contribution in [2.24, 2.45) is 0 Å². The quantitative estimate of drug-likeness (QED) is 0.870. The third kappa shape index (κ3) is 2.45. The van der Waals surface area contributed by atoms with Crippen LogP contribution in [0.3, 0.4) is 0 Å². The molecule has 0 aliphatic heterocycles. The zero-order valence-electron chi connectivity index (χ0n) is 11.2. The summed E-state index contributed by atoms with van der Waals surface area (Å²) >= 11 is 0. The molecule has 0 aliphatic carbocycles. The maximum atomic E-state index is 5.92. The Kier molecular flexibility index (Phi) is 3.23. The second-order valence-corrected chi connectivity index (χ2v) is 4.79. The maximum Gasteiger partial charge on any atom is 0.244 e. The van der Waals surface area contributed by atoms with Crippen molar-refractivity contribution in [3.63, 3.8) is 0 Å². The molecule has 0 saturated heterocycles. The fourth-order valence-corrected chi connectivity index (χ4v) is 1.77. The molecule has 5 nitrogen and oxygen atoms in total. The number of anilines is 2. The first-order chi connectivity index (χ1) is 8.47. The average molecular weight is 245 g/mol. The van der Waals surface area contributed by atoms with Crippen LogP contribution < -0.4 is 11.1 Å². The second kappa shape index (κ2) is 4.68. The Bertz CT molecular complexity index is 557. The van der Waals surface area contributed by atoms with Crippen LogP contribution in [0.25, 0.3) is 5.69 Å². The third-order valence-electron chi connectivity index (χ3n) is 2.64. The maximum absolute atomic E-state index is 5.92. The number of nitrogens with zero attached hydrogens (tertiary/aromatic N) is 3. The first-order valence-electron chi connectivity index (χ1n) is 6.04. The van der Waals surface area contributed by atoms with Gasteiger partial charge in [0.25, 0.3) is 0 Å². The van der Waals surface area contributed by atoms with Gasteiger partial charge in [-0.3, -0.25) is 0 Å². The molecule has 5 heteroatoms. The number of aryl methyl sites for hydroxylation is 2. The molecular formula is C13H19N5. The van der Waals surface area contributed by atoms with Gasteiger partial charge in [0.1, 0.15) is 0 Å². The standard InChI is InChI=1S/C13H19N5/c1-8(2)15-13-16-12(14)18(17-13)11-7-9(3)5-6-10(11)4/h5-8H,1-4H3,(H3,14,15,16,17). The van der Waals surface area contributed by atoms with Crippen molar-refractivity contribution in [2.75, 3.05) is 11.1 Å². The molecule has 2 rings (SSSR count). The van der Waals surface area contributed by atoms with Gasteiger partial charge in [0, 0.05) is 6.04 Å². The summed E-state index contributed by atoms with van der Waals surface area (Å²) in [6.45, 7) is 8.15. The summed E-state index contributed by atoms with van der Waals surface area (Å²) in [5, 5.41) is 7.54. The Balaban J connectivity index is 2.44. The van der Waals surface area contributed by atoms with E-state index in [2.05, 4.69) is 33.6 Å². The highest BCUT2D eigenvalue weighted by Crippen LogP contribution is 2.19. The molecule has 0 amide bonds. The zero-order chi connectivity index (χ0) is 13.3. The SMILES string of the molecule is Cc1ccc(C)c(-n2nc(NC(C)C)nc2N)c1. The van der Waals surface area contributed by atoms with Gasteiger partial charge in [-0.25, -0.2) is 0 Å². The van der Waals surface area contributed by atoms with Crippen LogP contribution in [-0.2, 0) is 0 Å². The van der Waals surface area contributed by atoms with Crippen LogP contribution >= 0.6 is 0 Å². The molecule has 0 radical (unpaired) electrons. The lowest BCUT2D eigenvalue weighted by molar-refractivity contribution is 0.845. The Labute approximate surface area is 107 Å². The number of nitrogens with one attached hydrogen (secondary N) is 1. The van der Waals surface area contributed by atoms with Crippen molar-refractivity contribution in [3.05, 3.63) is 29.3 Å². The largest absolute Gasteiger partial charge is 0.368 e. The van der Waals surface area contributed by atoms with E-state index in [-0.39, 0.29) is 6.04 Å². The number of nitrogen functional groups attached to an aromatic ring is 1. The molecule has 1 aromatic carbocycles. The third-order valence-corrected chi connectivity index (χ3v) is 2.64. The molecule has 0 spiro atoms. The molecule has 0 unspecified atom stereocenters. The lowest BCUT2D eigenvalue weighted by Crippen LogP contribution is -2.11. The minimum Gasteiger partial charge on any atom is -0.368 e. The molecule has 18 heavy (non-hydrogen) atoms. The van der Waals surface area contributed by atoms with E-state index in [1.165, 1.54) is 5.56 Å². The van der Waals surface area contributed by atoms with Crippen LogP contribution in [0, 0.1) is 13.8 Å². The van der Waals surface area contributed by atoms with E-state index in [0.717, 1.165) is 11.3 Å². The first kappa shape index (κ1) is 12.4. The molecule has 96 valence electrons. The Hall–Kier alpha value is -2.04. The minimum atomic E-state index is 0.277. The highest BCUT2D eigenvalue weighted by atomic mass is 15.4. The molecule has 0 saturated carbocycles. The summed E-state index contributed by atoms with van der Waals surface area (Å²) in [5.41, 5.74) is 9.18. The summed E-state index contributed by atoms with van der Waals surface area (Å²) in [6.07, 6.45) is 0. The summed E-state index contributed by atoms with van der Waals surface area (Å²) in [7, 11) is 0. The number of nitrogens with two attached hydrogens (primary N) is 1. The number of benzene rings is 1. The van der Waals surface area contributed by atoms with E-state index < -0.39 is 0 Å². The highest BCUT2D eigenvalue weighted by Gasteiger charge is 2.11. The lowest BCUT2D eigenvalue weighted by Gasteiger charge is -2.07. The predicted octanol–water partition coefficient (Wildman–Crippen LogP) is 2.29. The Morgan fingerprint density at radius 2 is 2.00 bits per heavy atom. The van der Waals surface area contributed by atoms with Gasteiger partial charge in [-0.15, -0.1) is 5.10 Å². The molecule has 0 fully saturated rings. The number of rotatable bonds is 3. The summed E-state index contributed by atoms with van der Waals surface area (Å²) in [4.78, 5) is 4.22. The van der Waals surface area contributed by atoms with E-state index in [1.807, 2.05) is 27.7 Å². The predicted molar refractivity (Wildman–Crippen MR) is 74.0 cm³/mol. The van der Waals surface area contributed by atoms with E-state index in [0.29, 0.717) is 11.9 Å². The molecule has 0 aliphatic rings. The Morgan fingerprint density at radius 1 is 1.28 bits per heavy atom. The van der Waals surface area contributed by atoms with Crippen molar-refractivity contribution in [2.45, 2.75) is 33.7 Å². The summed E-state index contributed by atoms with van der Waals surface area (Å²) in [6, 6.07) is 6.46. The van der Waals surface area contributed by atoms with E-state index in [1.54, 1.807) is 4.68 Å². The van der Waals surface area contributed by atoms with Gasteiger partial charge in [0.2, 0.25) is 11.9 Å². The van der Waals surface area contributed by atoms with Crippen LogP contribution in [0.5, 0.6) is 0 Å². The van der Waals surface area contributed by atoms with Gasteiger partial charge in [0.05, 0.1) is 5.69 Å². The van der Waals surface area contributed by atoms with Gasteiger partial charge in [0.15, 0.2) is 0 Å². The van der Waals surface area contributed by atoms with Crippen molar-refractivity contribution in [1.82, 2.24) is 14.8 Å². The zero-order valence-corrected chi connectivity index (χ0v) is 11.2. The van der Waals surface area contributed by atoms with Gasteiger partial charge < -0.3 is 11.1 Å². The fraction of sp³-hybridized carbons (Fsp3) is 0.385. The summed E-state index contributed by atoms with van der Waals surface area (Å²) in [5.74, 6) is 0.954.